The Morgan fingerprint density at radius 1 is 1.00 bits per heavy atom. The van der Waals surface area contributed by atoms with Crippen molar-refractivity contribution in [2.45, 2.75) is 3.79 Å². The zero-order valence-corrected chi connectivity index (χ0v) is 13.2. The molecular weight excluding hydrogens is 349 g/mol. The van der Waals surface area contributed by atoms with Crippen LogP contribution in [0.5, 0.6) is 5.75 Å². The Morgan fingerprint density at radius 3 is 2.36 bits per heavy atom. The molecule has 112 valence electrons. The van der Waals surface area contributed by atoms with Gasteiger partial charge in [-0.2, -0.15) is 0 Å². The van der Waals surface area contributed by atoms with E-state index in [0.717, 1.165) is 0 Å². The molecule has 0 saturated heterocycles. The number of ketones is 1. The Hall–Kier alpha value is -1.75. The van der Waals surface area contributed by atoms with E-state index in [-0.39, 0.29) is 11.3 Å². The molecule has 1 N–H and O–H groups in total. The van der Waals surface area contributed by atoms with Gasteiger partial charge in [-0.1, -0.05) is 46.9 Å². The Morgan fingerprint density at radius 2 is 1.68 bits per heavy atom. The lowest BCUT2D eigenvalue weighted by Gasteiger charge is -2.20. The molecule has 0 unspecified atom stereocenters. The number of para-hydroxylation sites is 1. The maximum Gasteiger partial charge on any atom is 0.304 e. The highest BCUT2D eigenvalue weighted by atomic mass is 35.6. The summed E-state index contributed by atoms with van der Waals surface area (Å²) >= 11 is 17.4. The number of carbonyl (C=O) groups excluding carboxylic acids is 2. The molecule has 7 heteroatoms. The maximum atomic E-state index is 12.2. The second-order valence-corrected chi connectivity index (χ2v) is 6.97. The molecule has 4 nitrogen and oxygen atoms in total. The molecule has 0 fully saturated rings. The van der Waals surface area contributed by atoms with Gasteiger partial charge in [0.05, 0.1) is 16.9 Å². The van der Waals surface area contributed by atoms with Crippen LogP contribution in [0.1, 0.15) is 15.9 Å². The van der Waals surface area contributed by atoms with Crippen LogP contribution in [0.4, 0.5) is 11.4 Å². The van der Waals surface area contributed by atoms with Gasteiger partial charge in [0, 0.05) is 5.56 Å². The monoisotopic (exact) mass is 355 g/mol. The molecular formula is C15H8Cl3NO3. The van der Waals surface area contributed by atoms with E-state index in [0.29, 0.717) is 16.9 Å². The normalized spacial score (nSPS) is 14.4. The first-order valence-electron chi connectivity index (χ1n) is 6.19. The van der Waals surface area contributed by atoms with Crippen molar-refractivity contribution in [1.29, 1.82) is 0 Å². The smallest absolute Gasteiger partial charge is 0.304 e. The number of benzene rings is 2. The topological polar surface area (TPSA) is 57.6 Å². The molecule has 0 spiro atoms. The standard InChI is InChI=1S/C15H8Cl3NO3/c16-15(17,18)10-7-8(5-6-12(10)20)19-11-4-2-1-3-9(11)13(21)14(19)22/h1-7,20H. The zero-order chi connectivity index (χ0) is 16.1. The fraction of sp³-hybridized carbons (Fsp3) is 0.0667. The van der Waals surface area contributed by atoms with E-state index in [1.165, 1.54) is 23.1 Å². The number of Topliss-reactive ketones (excluding diaryl/α,β-unsaturated/α-hetero) is 1. The summed E-state index contributed by atoms with van der Waals surface area (Å²) in [5, 5.41) is 9.80. The van der Waals surface area contributed by atoms with Crippen LogP contribution in [0.15, 0.2) is 42.5 Å². The summed E-state index contributed by atoms with van der Waals surface area (Å²) < 4.78 is -1.85. The van der Waals surface area contributed by atoms with Crippen LogP contribution in [0.3, 0.4) is 0 Å². The van der Waals surface area contributed by atoms with Crippen molar-refractivity contribution in [1.82, 2.24) is 0 Å². The fourth-order valence-electron chi connectivity index (χ4n) is 2.33. The minimum absolute atomic E-state index is 0.0274. The van der Waals surface area contributed by atoms with E-state index >= 15 is 0 Å². The van der Waals surface area contributed by atoms with Crippen molar-refractivity contribution >= 4 is 57.9 Å². The van der Waals surface area contributed by atoms with E-state index in [9.17, 15) is 14.7 Å². The van der Waals surface area contributed by atoms with Crippen LogP contribution in [-0.4, -0.2) is 16.8 Å². The fourth-order valence-corrected chi connectivity index (χ4v) is 2.79. The van der Waals surface area contributed by atoms with Gasteiger partial charge >= 0.3 is 5.91 Å². The Labute approximate surface area is 140 Å². The molecule has 1 amide bonds. The number of aromatic hydroxyl groups is 1. The van der Waals surface area contributed by atoms with Crippen molar-refractivity contribution < 1.29 is 14.7 Å². The lowest BCUT2D eigenvalue weighted by atomic mass is 10.1. The number of hydrogen-bond donors (Lipinski definition) is 1. The molecule has 0 bridgehead atoms. The minimum atomic E-state index is -1.85. The number of hydrogen-bond acceptors (Lipinski definition) is 3. The number of alkyl halides is 3. The van der Waals surface area contributed by atoms with E-state index in [4.69, 9.17) is 34.8 Å². The zero-order valence-electron chi connectivity index (χ0n) is 10.9. The number of carbonyl (C=O) groups is 2. The van der Waals surface area contributed by atoms with Gasteiger partial charge in [0.25, 0.3) is 5.78 Å². The molecule has 1 heterocycles. The van der Waals surface area contributed by atoms with Gasteiger partial charge in [-0.15, -0.1) is 0 Å². The third-order valence-corrected chi connectivity index (χ3v) is 3.94. The Balaban J connectivity index is 2.17. The Kier molecular flexibility index (Phi) is 3.56. The molecule has 0 aromatic heterocycles. The number of phenolic OH excluding ortho intramolecular Hbond substituents is 1. The van der Waals surface area contributed by atoms with Gasteiger partial charge in [0.1, 0.15) is 5.75 Å². The van der Waals surface area contributed by atoms with Gasteiger partial charge in [0.15, 0.2) is 0 Å². The summed E-state index contributed by atoms with van der Waals surface area (Å²) in [6.45, 7) is 0. The lowest BCUT2D eigenvalue weighted by molar-refractivity contribution is -0.113. The summed E-state index contributed by atoms with van der Waals surface area (Å²) in [5.41, 5.74) is 1.14. The number of nitrogens with zero attached hydrogens (tertiary/aromatic N) is 1. The first-order valence-corrected chi connectivity index (χ1v) is 7.32. The first-order chi connectivity index (χ1) is 10.3. The van der Waals surface area contributed by atoms with Crippen molar-refractivity contribution in [2.24, 2.45) is 0 Å². The number of amides is 1. The quantitative estimate of drug-likeness (QED) is 0.619. The Bertz CT molecular complexity index is 799. The van der Waals surface area contributed by atoms with Crippen LogP contribution in [0.2, 0.25) is 0 Å². The largest absolute Gasteiger partial charge is 0.508 e. The highest BCUT2D eigenvalue weighted by Crippen LogP contribution is 2.45. The molecule has 2 aromatic rings. The SMILES string of the molecule is O=C1C(=O)N(c2ccc(O)c(C(Cl)(Cl)Cl)c2)c2ccccc21. The van der Waals surface area contributed by atoms with Crippen LogP contribution < -0.4 is 4.90 Å². The number of halogens is 3. The molecule has 3 rings (SSSR count). The third-order valence-electron chi connectivity index (χ3n) is 3.33. The third kappa shape index (κ3) is 2.33. The summed E-state index contributed by atoms with van der Waals surface area (Å²) in [6, 6.07) is 10.8. The van der Waals surface area contributed by atoms with Crippen molar-refractivity contribution in [3.8, 4) is 5.75 Å². The summed E-state index contributed by atoms with van der Waals surface area (Å²) in [7, 11) is 0. The molecule has 1 aliphatic heterocycles. The molecule has 0 saturated carbocycles. The highest BCUT2D eigenvalue weighted by Gasteiger charge is 2.37. The van der Waals surface area contributed by atoms with Crippen LogP contribution in [-0.2, 0) is 8.59 Å². The van der Waals surface area contributed by atoms with E-state index in [1.807, 2.05) is 0 Å². The summed E-state index contributed by atoms with van der Waals surface area (Å²) in [5.74, 6) is -1.50. The van der Waals surface area contributed by atoms with Crippen LogP contribution >= 0.6 is 34.8 Å². The average Bonchev–Trinajstić information content (AvgIpc) is 2.71. The van der Waals surface area contributed by atoms with Crippen LogP contribution in [0, 0.1) is 0 Å². The molecule has 22 heavy (non-hydrogen) atoms. The van der Waals surface area contributed by atoms with E-state index in [2.05, 4.69) is 0 Å². The van der Waals surface area contributed by atoms with Gasteiger partial charge in [-0.05, 0) is 30.3 Å². The number of rotatable bonds is 1. The first kappa shape index (κ1) is 15.2. The second-order valence-electron chi connectivity index (χ2n) is 4.69. The summed E-state index contributed by atoms with van der Waals surface area (Å²) in [4.78, 5) is 25.5. The number of phenols is 1. The van der Waals surface area contributed by atoms with Gasteiger partial charge in [0.2, 0.25) is 3.79 Å². The van der Waals surface area contributed by atoms with E-state index < -0.39 is 15.5 Å². The molecule has 2 aromatic carbocycles. The van der Waals surface area contributed by atoms with Gasteiger partial charge in [-0.25, -0.2) is 0 Å². The predicted molar refractivity (Wildman–Crippen MR) is 85.3 cm³/mol. The van der Waals surface area contributed by atoms with E-state index in [1.54, 1.807) is 24.3 Å². The molecule has 0 radical (unpaired) electrons. The number of anilines is 2. The van der Waals surface area contributed by atoms with Crippen LogP contribution in [0.25, 0.3) is 0 Å². The molecule has 1 aliphatic rings. The van der Waals surface area contributed by atoms with Gasteiger partial charge in [-0.3, -0.25) is 14.5 Å². The minimum Gasteiger partial charge on any atom is -0.508 e. The summed E-state index contributed by atoms with van der Waals surface area (Å²) in [6.07, 6.45) is 0. The molecule has 0 aliphatic carbocycles. The maximum absolute atomic E-state index is 12.2. The van der Waals surface area contributed by atoms with Crippen molar-refractivity contribution in [2.75, 3.05) is 4.90 Å². The molecule has 0 atom stereocenters. The van der Waals surface area contributed by atoms with Crippen molar-refractivity contribution in [3.63, 3.8) is 0 Å². The lowest BCUT2D eigenvalue weighted by Crippen LogP contribution is -2.25. The predicted octanol–water partition coefficient (Wildman–Crippen LogP) is 4.08. The average molecular weight is 357 g/mol. The number of fused-ring (bicyclic) bond motifs is 1. The van der Waals surface area contributed by atoms with Crippen molar-refractivity contribution in [3.05, 3.63) is 53.6 Å². The second kappa shape index (κ2) is 5.16. The highest BCUT2D eigenvalue weighted by molar-refractivity contribution is 6.67. The van der Waals surface area contributed by atoms with Gasteiger partial charge < -0.3 is 5.11 Å².